The maximum Gasteiger partial charge on any atom is 0.150 e. The van der Waals surface area contributed by atoms with Crippen molar-refractivity contribution in [3.05, 3.63) is 65.4 Å². The Hall–Kier alpha value is -2.75. The Morgan fingerprint density at radius 2 is 1.96 bits per heavy atom. The molecule has 2 heterocycles. The predicted molar refractivity (Wildman–Crippen MR) is 96.5 cm³/mol. The van der Waals surface area contributed by atoms with Gasteiger partial charge in [0.15, 0.2) is 6.17 Å². The van der Waals surface area contributed by atoms with Crippen LogP contribution in [0.15, 0.2) is 48.5 Å². The third-order valence-corrected chi connectivity index (χ3v) is 4.36. The van der Waals surface area contributed by atoms with Crippen LogP contribution in [-0.4, -0.2) is 16.4 Å². The molecule has 122 valence electrons. The monoisotopic (exact) mass is 319 g/mol. The molecule has 2 aromatic carbocycles. The summed E-state index contributed by atoms with van der Waals surface area (Å²) in [5.74, 6) is 0.896. The Labute approximate surface area is 142 Å². The first-order valence-electron chi connectivity index (χ1n) is 8.33. The van der Waals surface area contributed by atoms with E-state index in [1.54, 1.807) is 0 Å². The summed E-state index contributed by atoms with van der Waals surface area (Å²) >= 11 is 0. The molecule has 0 spiro atoms. The highest BCUT2D eigenvalue weighted by molar-refractivity contribution is 5.79. The second-order valence-corrected chi connectivity index (χ2v) is 6.18. The summed E-state index contributed by atoms with van der Waals surface area (Å²) in [6.07, 6.45) is -0.0772. The van der Waals surface area contributed by atoms with Crippen LogP contribution in [0.4, 0.5) is 5.69 Å². The molecule has 1 N–H and O–H groups in total. The molecule has 3 aromatic rings. The highest BCUT2D eigenvalue weighted by Crippen LogP contribution is 2.40. The fraction of sp³-hybridized carbons (Fsp3) is 0.250. The molecular formula is C20H21N3O. The van der Waals surface area contributed by atoms with Crippen LogP contribution < -0.4 is 10.1 Å². The van der Waals surface area contributed by atoms with Gasteiger partial charge in [0.05, 0.1) is 18.0 Å². The number of para-hydroxylation sites is 1. The average Bonchev–Trinajstić information content (AvgIpc) is 2.97. The van der Waals surface area contributed by atoms with Crippen molar-refractivity contribution >= 4 is 5.69 Å². The summed E-state index contributed by atoms with van der Waals surface area (Å²) in [6.45, 7) is 6.80. The first kappa shape index (κ1) is 14.8. The number of benzene rings is 2. The van der Waals surface area contributed by atoms with Gasteiger partial charge in [0.2, 0.25) is 0 Å². The number of rotatable bonds is 3. The second-order valence-electron chi connectivity index (χ2n) is 6.18. The molecule has 0 saturated carbocycles. The number of ether oxygens (including phenoxy) is 1. The maximum atomic E-state index is 5.84. The lowest BCUT2D eigenvalue weighted by Gasteiger charge is -2.30. The number of nitrogens with zero attached hydrogens (tertiary/aromatic N) is 2. The van der Waals surface area contributed by atoms with Gasteiger partial charge in [-0.2, -0.15) is 5.10 Å². The van der Waals surface area contributed by atoms with E-state index in [4.69, 9.17) is 9.84 Å². The van der Waals surface area contributed by atoms with Crippen molar-refractivity contribution < 1.29 is 4.74 Å². The zero-order valence-electron chi connectivity index (χ0n) is 14.2. The molecule has 0 saturated heterocycles. The van der Waals surface area contributed by atoms with E-state index in [1.807, 2.05) is 32.0 Å². The van der Waals surface area contributed by atoms with Gasteiger partial charge in [0, 0.05) is 16.8 Å². The summed E-state index contributed by atoms with van der Waals surface area (Å²) < 4.78 is 7.90. The smallest absolute Gasteiger partial charge is 0.150 e. The number of aromatic nitrogens is 2. The molecule has 4 heteroatoms. The average molecular weight is 319 g/mol. The van der Waals surface area contributed by atoms with Gasteiger partial charge in [-0.25, -0.2) is 4.68 Å². The summed E-state index contributed by atoms with van der Waals surface area (Å²) in [4.78, 5) is 0. The van der Waals surface area contributed by atoms with Crippen molar-refractivity contribution in [1.82, 2.24) is 9.78 Å². The molecule has 0 radical (unpaired) electrons. The number of aryl methyl sites for hydroxylation is 2. The summed E-state index contributed by atoms with van der Waals surface area (Å²) in [6, 6.07) is 16.8. The van der Waals surface area contributed by atoms with Crippen LogP contribution in [0.5, 0.6) is 5.75 Å². The van der Waals surface area contributed by atoms with Crippen molar-refractivity contribution in [1.29, 1.82) is 0 Å². The quantitative estimate of drug-likeness (QED) is 0.770. The Morgan fingerprint density at radius 3 is 2.79 bits per heavy atom. The fourth-order valence-corrected chi connectivity index (χ4v) is 3.32. The molecule has 1 aliphatic heterocycles. The maximum absolute atomic E-state index is 5.84. The van der Waals surface area contributed by atoms with E-state index in [1.165, 1.54) is 11.1 Å². The van der Waals surface area contributed by atoms with Crippen LogP contribution in [-0.2, 0) is 0 Å². The molecule has 24 heavy (non-hydrogen) atoms. The van der Waals surface area contributed by atoms with E-state index in [2.05, 4.69) is 47.3 Å². The van der Waals surface area contributed by atoms with Gasteiger partial charge in [-0.05, 0) is 45.0 Å². The van der Waals surface area contributed by atoms with E-state index >= 15 is 0 Å². The minimum Gasteiger partial charge on any atom is -0.493 e. The zero-order chi connectivity index (χ0) is 16.7. The number of hydrogen-bond donors (Lipinski definition) is 1. The Kier molecular flexibility index (Phi) is 3.53. The van der Waals surface area contributed by atoms with Crippen LogP contribution in [0, 0.1) is 13.8 Å². The van der Waals surface area contributed by atoms with Crippen LogP contribution >= 0.6 is 0 Å². The fourth-order valence-electron chi connectivity index (χ4n) is 3.32. The normalized spacial score (nSPS) is 15.4. The minimum atomic E-state index is -0.0772. The standard InChI is InChI=1S/C20H21N3O/c1-4-24-19-8-6-5-7-15(19)20-21-17-10-9-13(2)11-16(17)18-12-14(3)22-23(18)20/h5-12,20-21H,4H2,1-3H3/t20-/m0/s1. The third-order valence-electron chi connectivity index (χ3n) is 4.36. The Morgan fingerprint density at radius 1 is 1.12 bits per heavy atom. The first-order chi connectivity index (χ1) is 11.7. The van der Waals surface area contributed by atoms with Crippen LogP contribution in [0.3, 0.4) is 0 Å². The van der Waals surface area contributed by atoms with Gasteiger partial charge in [0.1, 0.15) is 5.75 Å². The molecule has 4 nitrogen and oxygen atoms in total. The molecular weight excluding hydrogens is 298 g/mol. The third kappa shape index (κ3) is 2.35. The van der Waals surface area contributed by atoms with E-state index in [0.29, 0.717) is 6.61 Å². The van der Waals surface area contributed by atoms with E-state index in [-0.39, 0.29) is 6.17 Å². The Balaban J connectivity index is 1.89. The lowest BCUT2D eigenvalue weighted by Crippen LogP contribution is -2.26. The molecule has 0 aliphatic carbocycles. The molecule has 0 amide bonds. The van der Waals surface area contributed by atoms with Gasteiger partial charge in [-0.3, -0.25) is 0 Å². The number of hydrogen-bond acceptors (Lipinski definition) is 3. The van der Waals surface area contributed by atoms with Gasteiger partial charge >= 0.3 is 0 Å². The molecule has 0 fully saturated rings. The van der Waals surface area contributed by atoms with E-state index < -0.39 is 0 Å². The largest absolute Gasteiger partial charge is 0.493 e. The first-order valence-corrected chi connectivity index (χ1v) is 8.33. The van der Waals surface area contributed by atoms with Gasteiger partial charge in [0.25, 0.3) is 0 Å². The minimum absolute atomic E-state index is 0.0772. The van der Waals surface area contributed by atoms with Crippen LogP contribution in [0.2, 0.25) is 0 Å². The SMILES string of the molecule is CCOc1ccccc1[C@H]1Nc2ccc(C)cc2-c2cc(C)nn21. The molecule has 1 atom stereocenters. The molecule has 4 rings (SSSR count). The Bertz CT molecular complexity index is 898. The highest BCUT2D eigenvalue weighted by Gasteiger charge is 2.28. The van der Waals surface area contributed by atoms with E-state index in [9.17, 15) is 0 Å². The zero-order valence-corrected chi connectivity index (χ0v) is 14.2. The molecule has 1 aromatic heterocycles. The van der Waals surface area contributed by atoms with Crippen molar-refractivity contribution in [3.8, 4) is 17.0 Å². The van der Waals surface area contributed by atoms with Crippen molar-refractivity contribution in [3.63, 3.8) is 0 Å². The number of nitrogens with one attached hydrogen (secondary N) is 1. The predicted octanol–water partition coefficient (Wildman–Crippen LogP) is 4.54. The van der Waals surface area contributed by atoms with Gasteiger partial charge in [-0.15, -0.1) is 0 Å². The van der Waals surface area contributed by atoms with Crippen molar-refractivity contribution in [2.45, 2.75) is 26.9 Å². The number of anilines is 1. The second kappa shape index (κ2) is 5.71. The molecule has 1 aliphatic rings. The van der Waals surface area contributed by atoms with Crippen molar-refractivity contribution in [2.75, 3.05) is 11.9 Å². The molecule has 0 bridgehead atoms. The lowest BCUT2D eigenvalue weighted by atomic mass is 10.0. The summed E-state index contributed by atoms with van der Waals surface area (Å²) in [5.41, 5.74) is 6.82. The summed E-state index contributed by atoms with van der Waals surface area (Å²) in [5, 5.41) is 8.37. The van der Waals surface area contributed by atoms with Gasteiger partial charge < -0.3 is 10.1 Å². The van der Waals surface area contributed by atoms with Gasteiger partial charge in [-0.1, -0.05) is 29.8 Å². The highest BCUT2D eigenvalue weighted by atomic mass is 16.5. The molecule has 0 unspecified atom stereocenters. The topological polar surface area (TPSA) is 39.1 Å². The lowest BCUT2D eigenvalue weighted by molar-refractivity contribution is 0.332. The number of fused-ring (bicyclic) bond motifs is 3. The van der Waals surface area contributed by atoms with E-state index in [0.717, 1.165) is 28.4 Å². The van der Waals surface area contributed by atoms with Crippen LogP contribution in [0.25, 0.3) is 11.3 Å². The van der Waals surface area contributed by atoms with Crippen molar-refractivity contribution in [2.24, 2.45) is 0 Å². The summed E-state index contributed by atoms with van der Waals surface area (Å²) in [7, 11) is 0. The van der Waals surface area contributed by atoms with Crippen LogP contribution in [0.1, 0.15) is 29.9 Å².